The third-order valence-corrected chi connectivity index (χ3v) is 4.01. The van der Waals surface area contributed by atoms with E-state index in [2.05, 4.69) is 5.32 Å². The number of nitrogens with one attached hydrogen (secondary N) is 1. The molecule has 0 unspecified atom stereocenters. The zero-order valence-corrected chi connectivity index (χ0v) is 15.7. The van der Waals surface area contributed by atoms with Gasteiger partial charge in [-0.3, -0.25) is 4.79 Å². The van der Waals surface area contributed by atoms with Gasteiger partial charge in [0.15, 0.2) is 6.61 Å². The molecular formula is C18H18Cl3NO3. The van der Waals surface area contributed by atoms with E-state index in [4.69, 9.17) is 44.3 Å². The number of carbonyl (C=O) groups is 1. The molecule has 0 aliphatic rings. The average Bonchev–Trinajstić information content (AvgIpc) is 2.59. The van der Waals surface area contributed by atoms with Crippen LogP contribution < -0.4 is 14.8 Å². The number of unbranched alkanes of at least 4 members (excludes halogenated alkanes) is 1. The highest BCUT2D eigenvalue weighted by Gasteiger charge is 2.06. The van der Waals surface area contributed by atoms with E-state index < -0.39 is 0 Å². The summed E-state index contributed by atoms with van der Waals surface area (Å²) in [6, 6.07) is 12.1. The predicted molar refractivity (Wildman–Crippen MR) is 101 cm³/mol. The molecule has 0 atom stereocenters. The highest BCUT2D eigenvalue weighted by Crippen LogP contribution is 2.27. The van der Waals surface area contributed by atoms with Crippen molar-refractivity contribution < 1.29 is 14.3 Å². The maximum Gasteiger partial charge on any atom is 0.257 e. The van der Waals surface area contributed by atoms with Crippen molar-refractivity contribution in [2.24, 2.45) is 0 Å². The van der Waals surface area contributed by atoms with E-state index in [1.807, 2.05) is 12.1 Å². The van der Waals surface area contributed by atoms with Crippen molar-refractivity contribution in [3.05, 3.63) is 57.5 Å². The third kappa shape index (κ3) is 7.43. The van der Waals surface area contributed by atoms with E-state index in [0.717, 1.165) is 18.6 Å². The van der Waals surface area contributed by atoms with Crippen LogP contribution >= 0.6 is 34.8 Å². The normalized spacial score (nSPS) is 10.4. The molecular weight excluding hydrogens is 385 g/mol. The monoisotopic (exact) mass is 401 g/mol. The Labute approximate surface area is 162 Å². The quantitative estimate of drug-likeness (QED) is 0.600. The summed E-state index contributed by atoms with van der Waals surface area (Å²) >= 11 is 17.6. The molecule has 25 heavy (non-hydrogen) atoms. The molecule has 7 heteroatoms. The van der Waals surface area contributed by atoms with E-state index in [1.165, 1.54) is 0 Å². The largest absolute Gasteiger partial charge is 0.494 e. The Morgan fingerprint density at radius 3 is 2.36 bits per heavy atom. The maximum atomic E-state index is 11.7. The van der Waals surface area contributed by atoms with Gasteiger partial charge in [-0.15, -0.1) is 0 Å². The van der Waals surface area contributed by atoms with E-state index in [9.17, 15) is 4.79 Å². The predicted octanol–water partition coefficient (Wildman–Crippen LogP) is 5.00. The van der Waals surface area contributed by atoms with Gasteiger partial charge < -0.3 is 14.8 Å². The van der Waals surface area contributed by atoms with Gasteiger partial charge in [-0.25, -0.2) is 0 Å². The molecule has 0 bridgehead atoms. The number of ether oxygens (including phenoxy) is 2. The number of halogens is 3. The topological polar surface area (TPSA) is 47.6 Å². The first-order chi connectivity index (χ1) is 12.0. The van der Waals surface area contributed by atoms with Crippen LogP contribution in [0.25, 0.3) is 0 Å². The van der Waals surface area contributed by atoms with Gasteiger partial charge >= 0.3 is 0 Å². The van der Waals surface area contributed by atoms with Crippen molar-refractivity contribution >= 4 is 40.7 Å². The Balaban J connectivity index is 1.55. The lowest BCUT2D eigenvalue weighted by atomic mass is 10.3. The molecule has 0 aliphatic heterocycles. The molecule has 2 aromatic rings. The van der Waals surface area contributed by atoms with Crippen LogP contribution in [-0.4, -0.2) is 25.7 Å². The summed E-state index contributed by atoms with van der Waals surface area (Å²) < 4.78 is 10.9. The Bertz CT molecular complexity index is 692. The van der Waals surface area contributed by atoms with Crippen LogP contribution in [0.3, 0.4) is 0 Å². The third-order valence-electron chi connectivity index (χ3n) is 3.23. The Morgan fingerprint density at radius 1 is 0.920 bits per heavy atom. The van der Waals surface area contributed by atoms with Gasteiger partial charge in [0.2, 0.25) is 0 Å². The van der Waals surface area contributed by atoms with E-state index in [0.29, 0.717) is 34.0 Å². The fourth-order valence-electron chi connectivity index (χ4n) is 1.96. The van der Waals surface area contributed by atoms with Crippen molar-refractivity contribution in [2.45, 2.75) is 12.8 Å². The standard InChI is InChI=1S/C18H18Cl3NO3/c19-13-3-6-15(7-4-13)24-10-2-1-9-22-18(23)12-25-17-8-5-14(20)11-16(17)21/h3-8,11H,1-2,9-10,12H2,(H,22,23). The fourth-order valence-corrected chi connectivity index (χ4v) is 2.55. The Kier molecular flexibility index (Phi) is 8.19. The number of benzene rings is 2. The van der Waals surface area contributed by atoms with Crippen molar-refractivity contribution in [3.8, 4) is 11.5 Å². The first kappa shape index (κ1) is 19.7. The molecule has 0 fully saturated rings. The first-order valence-electron chi connectivity index (χ1n) is 7.77. The van der Waals surface area contributed by atoms with Gasteiger partial charge in [-0.05, 0) is 55.3 Å². The molecule has 4 nitrogen and oxygen atoms in total. The van der Waals surface area contributed by atoms with Crippen LogP contribution in [0.1, 0.15) is 12.8 Å². The molecule has 0 saturated carbocycles. The van der Waals surface area contributed by atoms with Crippen LogP contribution in [0.15, 0.2) is 42.5 Å². The highest BCUT2D eigenvalue weighted by atomic mass is 35.5. The number of carbonyl (C=O) groups excluding carboxylic acids is 1. The number of rotatable bonds is 9. The number of hydrogen-bond donors (Lipinski definition) is 1. The molecule has 0 aliphatic carbocycles. The van der Waals surface area contributed by atoms with Crippen LogP contribution in [0.4, 0.5) is 0 Å². The van der Waals surface area contributed by atoms with Crippen molar-refractivity contribution in [1.29, 1.82) is 0 Å². The zero-order chi connectivity index (χ0) is 18.1. The van der Waals surface area contributed by atoms with Crippen LogP contribution in [0, 0.1) is 0 Å². The highest BCUT2D eigenvalue weighted by molar-refractivity contribution is 6.35. The van der Waals surface area contributed by atoms with Crippen molar-refractivity contribution in [3.63, 3.8) is 0 Å². The van der Waals surface area contributed by atoms with Gasteiger partial charge in [-0.1, -0.05) is 34.8 Å². The fraction of sp³-hybridized carbons (Fsp3) is 0.278. The molecule has 0 radical (unpaired) electrons. The van der Waals surface area contributed by atoms with Gasteiger partial charge in [0.25, 0.3) is 5.91 Å². The summed E-state index contributed by atoms with van der Waals surface area (Å²) in [7, 11) is 0. The summed E-state index contributed by atoms with van der Waals surface area (Å²) in [5.41, 5.74) is 0. The minimum atomic E-state index is -0.204. The molecule has 0 heterocycles. The van der Waals surface area contributed by atoms with Gasteiger partial charge in [0.05, 0.1) is 11.6 Å². The second-order valence-corrected chi connectivity index (χ2v) is 6.50. The summed E-state index contributed by atoms with van der Waals surface area (Å²) in [6.45, 7) is 1.04. The van der Waals surface area contributed by atoms with Gasteiger partial charge in [0, 0.05) is 16.6 Å². The molecule has 1 N–H and O–H groups in total. The molecule has 2 rings (SSSR count). The van der Waals surface area contributed by atoms with Crippen LogP contribution in [0.5, 0.6) is 11.5 Å². The second-order valence-electron chi connectivity index (χ2n) is 5.22. The second kappa shape index (κ2) is 10.4. The molecule has 2 aromatic carbocycles. The lowest BCUT2D eigenvalue weighted by molar-refractivity contribution is -0.123. The maximum absolute atomic E-state index is 11.7. The van der Waals surface area contributed by atoms with Crippen LogP contribution in [0.2, 0.25) is 15.1 Å². The smallest absolute Gasteiger partial charge is 0.257 e. The zero-order valence-electron chi connectivity index (χ0n) is 13.4. The average molecular weight is 403 g/mol. The van der Waals surface area contributed by atoms with E-state index in [-0.39, 0.29) is 12.5 Å². The number of hydrogen-bond acceptors (Lipinski definition) is 3. The molecule has 0 aromatic heterocycles. The summed E-state index contributed by atoms with van der Waals surface area (Å²) in [5, 5.41) is 4.35. The molecule has 1 amide bonds. The number of amides is 1. The molecule has 134 valence electrons. The molecule has 0 spiro atoms. The minimum Gasteiger partial charge on any atom is -0.494 e. The van der Waals surface area contributed by atoms with Gasteiger partial charge in [-0.2, -0.15) is 0 Å². The SMILES string of the molecule is O=C(COc1ccc(Cl)cc1Cl)NCCCCOc1ccc(Cl)cc1. The Morgan fingerprint density at radius 2 is 1.64 bits per heavy atom. The summed E-state index contributed by atoms with van der Waals surface area (Å²) in [6.07, 6.45) is 1.63. The van der Waals surface area contributed by atoms with Crippen molar-refractivity contribution in [2.75, 3.05) is 19.8 Å². The first-order valence-corrected chi connectivity index (χ1v) is 8.91. The summed E-state index contributed by atoms with van der Waals surface area (Å²) in [5.74, 6) is 1.00. The molecule has 0 saturated heterocycles. The minimum absolute atomic E-state index is 0.0946. The van der Waals surface area contributed by atoms with Crippen LogP contribution in [-0.2, 0) is 4.79 Å². The summed E-state index contributed by atoms with van der Waals surface area (Å²) in [4.78, 5) is 11.7. The van der Waals surface area contributed by atoms with E-state index in [1.54, 1.807) is 30.3 Å². The lowest BCUT2D eigenvalue weighted by Gasteiger charge is -2.09. The van der Waals surface area contributed by atoms with E-state index >= 15 is 0 Å². The Hall–Kier alpha value is -1.62. The van der Waals surface area contributed by atoms with Gasteiger partial charge in [0.1, 0.15) is 11.5 Å². The lowest BCUT2D eigenvalue weighted by Crippen LogP contribution is -2.29. The van der Waals surface area contributed by atoms with Crippen molar-refractivity contribution in [1.82, 2.24) is 5.32 Å².